The molecule has 3 aromatic heterocycles. The van der Waals surface area contributed by atoms with E-state index in [-0.39, 0.29) is 20.4 Å². The van der Waals surface area contributed by atoms with Gasteiger partial charge in [-0.25, -0.2) is 4.98 Å². The molecule has 3 heterocycles. The van der Waals surface area contributed by atoms with Gasteiger partial charge in [0.2, 0.25) is 0 Å². The fraction of sp³-hybridized carbons (Fsp3) is 0.132. The van der Waals surface area contributed by atoms with E-state index in [9.17, 15) is 0 Å². The zero-order valence-corrected chi connectivity index (χ0v) is 27.1. The number of para-hydroxylation sites is 2. The topological polar surface area (TPSA) is 54.4 Å². The zero-order valence-electron chi connectivity index (χ0n) is 25.6. The van der Waals surface area contributed by atoms with E-state index in [0.29, 0.717) is 0 Å². The van der Waals surface area contributed by atoms with Crippen molar-refractivity contribution in [2.24, 2.45) is 0 Å². The molecule has 0 N–H and O–H groups in total. The van der Waals surface area contributed by atoms with Gasteiger partial charge in [-0.15, -0.1) is 34.9 Å². The van der Waals surface area contributed by atoms with E-state index in [2.05, 4.69) is 111 Å². The molecule has 0 amide bonds. The van der Waals surface area contributed by atoms with E-state index in [0.717, 1.165) is 56.7 Å². The number of pyridine rings is 3. The van der Waals surface area contributed by atoms with Crippen molar-refractivity contribution in [3.8, 4) is 17.0 Å². The number of benzene rings is 3. The molecule has 45 heavy (non-hydrogen) atoms. The van der Waals surface area contributed by atoms with Crippen molar-refractivity contribution < 1.29 is 25.2 Å². The first-order valence-electron chi connectivity index (χ1n) is 14.4. The number of nitrogens with zero attached hydrogens (tertiary/aromatic N) is 5. The van der Waals surface area contributed by atoms with Gasteiger partial charge >= 0.3 is 20.4 Å². The van der Waals surface area contributed by atoms with Crippen molar-refractivity contribution >= 4 is 28.6 Å². The van der Waals surface area contributed by atoms with Crippen molar-refractivity contribution in [1.29, 1.82) is 0 Å². The van der Waals surface area contributed by atoms with Crippen LogP contribution in [0.15, 0.2) is 128 Å². The molecule has 0 aliphatic rings. The van der Waals surface area contributed by atoms with Crippen LogP contribution in [-0.4, -0.2) is 29.1 Å². The molecule has 7 heteroatoms. The van der Waals surface area contributed by atoms with Crippen molar-refractivity contribution in [1.82, 2.24) is 15.0 Å². The van der Waals surface area contributed by atoms with E-state index in [1.54, 1.807) is 25.7 Å². The monoisotopic (exact) mass is 681 g/mol. The minimum Gasteiger partial charge on any atom is -0.497 e. The number of hydrogen-bond donors (Lipinski definition) is 0. The molecule has 0 atom stereocenters. The van der Waals surface area contributed by atoms with Crippen LogP contribution in [0.3, 0.4) is 0 Å². The Morgan fingerprint density at radius 1 is 0.689 bits per heavy atom. The van der Waals surface area contributed by atoms with E-state index < -0.39 is 5.41 Å². The van der Waals surface area contributed by atoms with Crippen LogP contribution < -0.4 is 14.5 Å². The predicted octanol–water partition coefficient (Wildman–Crippen LogP) is 8.71. The van der Waals surface area contributed by atoms with Crippen LogP contribution in [0.5, 0.6) is 5.75 Å². The molecule has 0 bridgehead atoms. The summed E-state index contributed by atoms with van der Waals surface area (Å²) >= 11 is 0. The van der Waals surface area contributed by atoms with Crippen LogP contribution in [0.2, 0.25) is 0 Å². The molecular weight excluding hydrogens is 649 g/mol. The largest absolute Gasteiger partial charge is 2.00 e. The second-order valence-electron chi connectivity index (χ2n) is 11.0. The summed E-state index contributed by atoms with van der Waals surface area (Å²) in [5, 5.41) is 0. The molecule has 0 unspecified atom stereocenters. The molecule has 3 aromatic carbocycles. The molecule has 0 radical (unpaired) electrons. The van der Waals surface area contributed by atoms with Crippen molar-refractivity contribution in [3.05, 3.63) is 151 Å². The fourth-order valence-corrected chi connectivity index (χ4v) is 5.14. The second kappa shape index (κ2) is 13.9. The maximum atomic E-state index is 5.43. The number of rotatable bonds is 9. The third-order valence-corrected chi connectivity index (χ3v) is 7.75. The van der Waals surface area contributed by atoms with Gasteiger partial charge in [-0.3, -0.25) is 0 Å². The van der Waals surface area contributed by atoms with Gasteiger partial charge in [-0.2, -0.15) is 6.07 Å². The van der Waals surface area contributed by atoms with Gasteiger partial charge in [-0.1, -0.05) is 80.1 Å². The smallest absolute Gasteiger partial charge is 0.497 e. The number of aromatic nitrogens is 3. The average Bonchev–Trinajstić information content (AvgIpc) is 3.09. The quantitative estimate of drug-likeness (QED) is 0.112. The summed E-state index contributed by atoms with van der Waals surface area (Å²) in [6.07, 6.45) is 7.20. The summed E-state index contributed by atoms with van der Waals surface area (Å²) in [5.41, 5.74) is 6.94. The summed E-state index contributed by atoms with van der Waals surface area (Å²) in [5.74, 6) is 1.56. The van der Waals surface area contributed by atoms with Crippen LogP contribution in [0.1, 0.15) is 25.0 Å². The predicted molar refractivity (Wildman–Crippen MR) is 177 cm³/mol. The molecule has 6 aromatic rings. The normalized spacial score (nSPS) is 10.9. The summed E-state index contributed by atoms with van der Waals surface area (Å²) < 4.78 is 5.43. The van der Waals surface area contributed by atoms with E-state index >= 15 is 0 Å². The molecule has 226 valence electrons. The molecular formula is C38H33N5OPd. The maximum absolute atomic E-state index is 5.43. The van der Waals surface area contributed by atoms with Crippen molar-refractivity contribution in [2.45, 2.75) is 19.3 Å². The minimum atomic E-state index is -0.517. The van der Waals surface area contributed by atoms with Gasteiger partial charge in [0.05, 0.1) is 7.11 Å². The van der Waals surface area contributed by atoms with E-state index in [4.69, 9.17) is 4.74 Å². The Bertz CT molecular complexity index is 1810. The second-order valence-corrected chi connectivity index (χ2v) is 11.0. The number of ether oxygens (including phenoxy) is 1. The average molecular weight is 682 g/mol. The first-order chi connectivity index (χ1) is 21.4. The van der Waals surface area contributed by atoms with Gasteiger partial charge in [0.15, 0.2) is 0 Å². The number of hydrogen-bond acceptors (Lipinski definition) is 6. The Hall–Kier alpha value is -4.83. The van der Waals surface area contributed by atoms with Crippen LogP contribution in [0.4, 0.5) is 28.6 Å². The van der Waals surface area contributed by atoms with Gasteiger partial charge < -0.3 is 24.5 Å². The SMILES string of the molecule is COc1ccnc(-c2[c-]c(C(C)(C)c3[c-]c(N(C)c4ccccn4)cc(N(c4ccccc4)c4ccccc4)c3)cnc2)c1.[Pd+2]. The molecule has 0 saturated heterocycles. The zero-order chi connectivity index (χ0) is 30.5. The molecule has 0 spiro atoms. The molecule has 0 aliphatic carbocycles. The number of methoxy groups -OCH3 is 1. The van der Waals surface area contributed by atoms with E-state index in [1.165, 1.54) is 0 Å². The van der Waals surface area contributed by atoms with Gasteiger partial charge in [0, 0.05) is 30.8 Å². The fourth-order valence-electron chi connectivity index (χ4n) is 5.14. The van der Waals surface area contributed by atoms with Gasteiger partial charge in [0.1, 0.15) is 11.6 Å². The van der Waals surface area contributed by atoms with Gasteiger partial charge in [-0.05, 0) is 59.6 Å². The summed E-state index contributed by atoms with van der Waals surface area (Å²) in [4.78, 5) is 18.1. The third kappa shape index (κ3) is 6.81. The summed E-state index contributed by atoms with van der Waals surface area (Å²) in [6, 6.07) is 42.2. The van der Waals surface area contributed by atoms with Crippen molar-refractivity contribution in [2.75, 3.05) is 24.0 Å². The van der Waals surface area contributed by atoms with Crippen LogP contribution >= 0.6 is 0 Å². The Kier molecular flexibility index (Phi) is 9.73. The molecule has 0 saturated carbocycles. The minimum absolute atomic E-state index is 0. The Morgan fingerprint density at radius 2 is 1.38 bits per heavy atom. The Labute approximate surface area is 279 Å². The summed E-state index contributed by atoms with van der Waals surface area (Å²) in [6.45, 7) is 4.36. The molecule has 6 nitrogen and oxygen atoms in total. The molecule has 6 rings (SSSR count). The first kappa shape index (κ1) is 31.6. The third-order valence-electron chi connectivity index (χ3n) is 7.75. The summed E-state index contributed by atoms with van der Waals surface area (Å²) in [7, 11) is 3.67. The maximum Gasteiger partial charge on any atom is 2.00 e. The Morgan fingerprint density at radius 3 is 2.02 bits per heavy atom. The van der Waals surface area contributed by atoms with Crippen LogP contribution in [-0.2, 0) is 25.8 Å². The van der Waals surface area contributed by atoms with Crippen molar-refractivity contribution in [3.63, 3.8) is 0 Å². The number of anilines is 5. The Balaban J connectivity index is 0.00000400. The first-order valence-corrected chi connectivity index (χ1v) is 14.4. The van der Waals surface area contributed by atoms with E-state index in [1.807, 2.05) is 55.7 Å². The van der Waals surface area contributed by atoms with Gasteiger partial charge in [0.25, 0.3) is 0 Å². The molecule has 0 fully saturated rings. The standard InChI is InChI=1S/C38H33N5O.Pd/c1-38(2,30-21-28(26-39-27-30)36-25-35(44-4)18-20-40-36)29-22-33(42(3)37-17-11-12-19-41-37)24-34(23-29)43(31-13-7-5-8-14-31)32-15-9-6-10-16-32;/h5-20,23-27H,1-4H3;/q-2;+2. The van der Waals surface area contributed by atoms with Crippen LogP contribution in [0.25, 0.3) is 11.3 Å². The van der Waals surface area contributed by atoms with Crippen LogP contribution in [0, 0.1) is 12.1 Å². The molecule has 0 aliphatic heterocycles.